The lowest BCUT2D eigenvalue weighted by molar-refractivity contribution is -0.147. The van der Waals surface area contributed by atoms with Gasteiger partial charge < -0.3 is 10.1 Å². The fourth-order valence-corrected chi connectivity index (χ4v) is 4.74. The van der Waals surface area contributed by atoms with Gasteiger partial charge in [0.2, 0.25) is 0 Å². The molecule has 2 bridgehead atoms. The molecular formula is C21H26BrN3O4. The lowest BCUT2D eigenvalue weighted by Gasteiger charge is -2.34. The van der Waals surface area contributed by atoms with E-state index in [-0.39, 0.29) is 17.4 Å². The van der Waals surface area contributed by atoms with Crippen molar-refractivity contribution >= 4 is 39.4 Å². The molecule has 7 nitrogen and oxygen atoms in total. The number of nitrogens with zero attached hydrogens (tertiary/aromatic N) is 1. The number of hydrogen-bond donors (Lipinski definition) is 2. The Labute approximate surface area is 178 Å². The number of hydrogen-bond acceptors (Lipinski definition) is 5. The Morgan fingerprint density at radius 2 is 2.03 bits per heavy atom. The molecule has 0 spiro atoms. The average Bonchev–Trinajstić information content (AvgIpc) is 3.02. The molecule has 2 amide bonds. The van der Waals surface area contributed by atoms with Crippen LogP contribution in [0.25, 0.3) is 0 Å². The maximum Gasteiger partial charge on any atom is 0.325 e. The van der Waals surface area contributed by atoms with Crippen molar-refractivity contribution in [2.75, 3.05) is 13.2 Å². The maximum atomic E-state index is 12.0. The van der Waals surface area contributed by atoms with Gasteiger partial charge in [-0.2, -0.15) is 5.10 Å². The second-order valence-electron chi connectivity index (χ2n) is 8.44. The van der Waals surface area contributed by atoms with Crippen LogP contribution in [0.3, 0.4) is 0 Å². The topological polar surface area (TPSA) is 96.9 Å². The monoisotopic (exact) mass is 463 g/mol. The smallest absolute Gasteiger partial charge is 0.325 e. The van der Waals surface area contributed by atoms with Crippen molar-refractivity contribution in [1.29, 1.82) is 0 Å². The van der Waals surface area contributed by atoms with Crippen molar-refractivity contribution in [2.24, 2.45) is 21.8 Å². The summed E-state index contributed by atoms with van der Waals surface area (Å²) in [5, 5.41) is 6.79. The number of ether oxygens (including phenoxy) is 1. The quantitative estimate of drug-likeness (QED) is 0.500. The Hall–Kier alpha value is -2.22. The van der Waals surface area contributed by atoms with Gasteiger partial charge in [-0.3, -0.25) is 14.4 Å². The van der Waals surface area contributed by atoms with E-state index >= 15 is 0 Å². The number of carbonyl (C=O) groups is 3. The van der Waals surface area contributed by atoms with E-state index in [1.54, 1.807) is 24.3 Å². The number of benzene rings is 1. The largest absolute Gasteiger partial charge is 0.454 e. The summed E-state index contributed by atoms with van der Waals surface area (Å²) in [4.78, 5) is 35.8. The predicted octanol–water partition coefficient (Wildman–Crippen LogP) is 3.04. The third kappa shape index (κ3) is 4.37. The van der Waals surface area contributed by atoms with Gasteiger partial charge in [0.25, 0.3) is 11.8 Å². The molecule has 29 heavy (non-hydrogen) atoms. The number of esters is 1. The van der Waals surface area contributed by atoms with Crippen LogP contribution in [0.1, 0.15) is 50.4 Å². The van der Waals surface area contributed by atoms with Crippen molar-refractivity contribution in [1.82, 2.24) is 10.7 Å². The number of nitrogens with one attached hydrogen (secondary N) is 2. The van der Waals surface area contributed by atoms with E-state index in [1.165, 1.54) is 6.42 Å². The van der Waals surface area contributed by atoms with Crippen molar-refractivity contribution in [3.05, 3.63) is 34.3 Å². The number of fused-ring (bicyclic) bond motifs is 2. The molecule has 2 aliphatic rings. The molecule has 3 rings (SSSR count). The molecule has 2 saturated carbocycles. The van der Waals surface area contributed by atoms with Crippen LogP contribution in [-0.4, -0.2) is 36.6 Å². The van der Waals surface area contributed by atoms with E-state index in [1.807, 2.05) is 0 Å². The van der Waals surface area contributed by atoms with Crippen LogP contribution >= 0.6 is 15.9 Å². The second kappa shape index (κ2) is 8.26. The van der Waals surface area contributed by atoms with E-state index in [0.29, 0.717) is 11.5 Å². The average molecular weight is 464 g/mol. The van der Waals surface area contributed by atoms with Crippen LogP contribution in [0.4, 0.5) is 0 Å². The first-order valence-corrected chi connectivity index (χ1v) is 10.5. The third-order valence-electron chi connectivity index (χ3n) is 6.67. The zero-order chi connectivity index (χ0) is 21.2. The molecular weight excluding hydrogens is 438 g/mol. The van der Waals surface area contributed by atoms with E-state index < -0.39 is 24.4 Å². The molecule has 2 atom stereocenters. The van der Waals surface area contributed by atoms with E-state index in [0.717, 1.165) is 23.0 Å². The van der Waals surface area contributed by atoms with E-state index in [2.05, 4.69) is 52.5 Å². The highest BCUT2D eigenvalue weighted by molar-refractivity contribution is 9.10. The number of rotatable bonds is 6. The normalized spacial score (nSPS) is 25.7. The number of carbonyl (C=O) groups excluding carboxylic acids is 3. The lowest BCUT2D eigenvalue weighted by Crippen LogP contribution is -2.35. The highest BCUT2D eigenvalue weighted by Gasteiger charge is 2.60. The van der Waals surface area contributed by atoms with Gasteiger partial charge in [-0.1, -0.05) is 42.8 Å². The van der Waals surface area contributed by atoms with Gasteiger partial charge in [0.05, 0.1) is 0 Å². The Balaban J connectivity index is 1.42. The van der Waals surface area contributed by atoms with Gasteiger partial charge in [-0.05, 0) is 48.8 Å². The van der Waals surface area contributed by atoms with Crippen LogP contribution < -0.4 is 10.7 Å². The van der Waals surface area contributed by atoms with Gasteiger partial charge in [0.1, 0.15) is 6.54 Å². The zero-order valence-corrected chi connectivity index (χ0v) is 18.5. The highest BCUT2D eigenvalue weighted by Crippen LogP contribution is 2.63. The fourth-order valence-electron chi connectivity index (χ4n) is 4.34. The standard InChI is InChI=1S/C21H26BrN3O4/c1-20(2)14-7-8-21(20,3)16(10-14)24-25-17(26)12-29-18(27)11-23-19(28)13-5-4-6-15(22)9-13/h4-6,9,14H,7-8,10-12H2,1-3H3,(H,23,28)(H,25,26)/b24-16-. The molecule has 0 aliphatic heterocycles. The van der Waals surface area contributed by atoms with Gasteiger partial charge >= 0.3 is 5.97 Å². The van der Waals surface area contributed by atoms with Crippen molar-refractivity contribution in [3.8, 4) is 0 Å². The fraction of sp³-hybridized carbons (Fsp3) is 0.524. The number of amides is 2. The molecule has 0 saturated heterocycles. The lowest BCUT2D eigenvalue weighted by atomic mass is 9.70. The summed E-state index contributed by atoms with van der Waals surface area (Å²) in [7, 11) is 0. The third-order valence-corrected chi connectivity index (χ3v) is 7.17. The first-order valence-electron chi connectivity index (χ1n) is 9.69. The Kier molecular flexibility index (Phi) is 6.12. The van der Waals surface area contributed by atoms with Crippen LogP contribution in [0.2, 0.25) is 0 Å². The van der Waals surface area contributed by atoms with E-state index in [9.17, 15) is 14.4 Å². The van der Waals surface area contributed by atoms with Gasteiger partial charge in [-0.15, -0.1) is 0 Å². The molecule has 2 N–H and O–H groups in total. The zero-order valence-electron chi connectivity index (χ0n) is 16.9. The Morgan fingerprint density at radius 1 is 1.28 bits per heavy atom. The molecule has 2 fully saturated rings. The minimum atomic E-state index is -0.691. The SMILES string of the molecule is CC12CCC(C/C1=N/NC(=O)COC(=O)CNC(=O)c1cccc(Br)c1)C2(C)C. The summed E-state index contributed by atoms with van der Waals surface area (Å²) < 4.78 is 5.68. The van der Waals surface area contributed by atoms with E-state index in [4.69, 9.17) is 4.74 Å². The molecule has 156 valence electrons. The first kappa shape index (κ1) is 21.5. The second-order valence-corrected chi connectivity index (χ2v) is 9.36. The van der Waals surface area contributed by atoms with Crippen LogP contribution in [-0.2, 0) is 14.3 Å². The summed E-state index contributed by atoms with van der Waals surface area (Å²) in [5.41, 5.74) is 4.11. The highest BCUT2D eigenvalue weighted by atomic mass is 79.9. The molecule has 1 aromatic rings. The van der Waals surface area contributed by atoms with Crippen LogP contribution in [0, 0.1) is 16.7 Å². The predicted molar refractivity (Wildman–Crippen MR) is 112 cm³/mol. The summed E-state index contributed by atoms with van der Waals surface area (Å²) in [6.07, 6.45) is 3.16. The van der Waals surface area contributed by atoms with Gasteiger partial charge in [-0.25, -0.2) is 5.43 Å². The number of hydrazone groups is 1. The summed E-state index contributed by atoms with van der Waals surface area (Å²) in [6.45, 7) is 5.98. The first-order chi connectivity index (χ1) is 13.6. The number of halogens is 1. The molecule has 2 aliphatic carbocycles. The maximum absolute atomic E-state index is 12.0. The Morgan fingerprint density at radius 3 is 2.66 bits per heavy atom. The minimum absolute atomic E-state index is 0.00165. The summed E-state index contributed by atoms with van der Waals surface area (Å²) >= 11 is 3.28. The molecule has 1 aromatic carbocycles. The van der Waals surface area contributed by atoms with Crippen molar-refractivity contribution < 1.29 is 19.1 Å². The molecule has 0 aromatic heterocycles. The summed E-state index contributed by atoms with van der Waals surface area (Å²) in [6, 6.07) is 6.80. The molecule has 0 heterocycles. The van der Waals surface area contributed by atoms with Crippen LogP contribution in [0.5, 0.6) is 0 Å². The van der Waals surface area contributed by atoms with Crippen molar-refractivity contribution in [2.45, 2.75) is 40.0 Å². The minimum Gasteiger partial charge on any atom is -0.454 e. The molecule has 2 unspecified atom stereocenters. The van der Waals surface area contributed by atoms with Gasteiger partial charge in [0, 0.05) is 21.2 Å². The van der Waals surface area contributed by atoms with Crippen molar-refractivity contribution in [3.63, 3.8) is 0 Å². The van der Waals surface area contributed by atoms with Crippen LogP contribution in [0.15, 0.2) is 33.8 Å². The molecule has 8 heteroatoms. The molecule has 0 radical (unpaired) electrons. The summed E-state index contributed by atoms with van der Waals surface area (Å²) in [5.74, 6) is -0.987. The van der Waals surface area contributed by atoms with Gasteiger partial charge in [0.15, 0.2) is 6.61 Å². The Bertz CT molecular complexity index is 867.